The number of nitrogens with zero attached hydrogens (tertiary/aromatic N) is 7. The molecule has 0 bridgehead atoms. The van der Waals surface area contributed by atoms with E-state index in [1.807, 2.05) is 172 Å². The topological polar surface area (TPSA) is 41.7 Å². The molecule has 2 unspecified atom stereocenters. The second kappa shape index (κ2) is 50.3. The Labute approximate surface area is 589 Å². The molecule has 9 heteroatoms. The Morgan fingerprint density at radius 2 is 0.711 bits per heavy atom. The number of hydrogen-bond acceptors (Lipinski definition) is 2. The molecule has 0 amide bonds. The molecule has 0 aliphatic rings. The molecule has 0 fully saturated rings. The third-order valence-electron chi connectivity index (χ3n) is 14.6. The SMILES string of the molecule is CC.CC.CC[n+]1ccc(C)cc1.CCc1ccc(C)cc1.COC(C)c1ccc(C)cc1.COC(c1ccc(C)cc1)[n+]1ccccc1.Cc1cc[n+](C)cc1.Cc1ccc(-[n+]2ccccc2)cc1.Cc1ccc([N+](C)(C)C)cc1.Cc1ccc[n+](C)c1.Cc1ccc[n+](C)c1. The molecule has 0 aliphatic heterocycles. The number of quaternary nitrogens is 1. The van der Waals surface area contributed by atoms with Crippen LogP contribution in [0.15, 0.2) is 281 Å². The molecule has 6 aromatic heterocycles. The summed E-state index contributed by atoms with van der Waals surface area (Å²) in [6.07, 6.45) is 25.9. The van der Waals surface area contributed by atoms with E-state index in [-0.39, 0.29) is 12.3 Å². The van der Waals surface area contributed by atoms with E-state index in [4.69, 9.17) is 9.47 Å². The van der Waals surface area contributed by atoms with E-state index in [9.17, 15) is 0 Å². The van der Waals surface area contributed by atoms with Crippen molar-refractivity contribution in [3.05, 3.63) is 347 Å². The summed E-state index contributed by atoms with van der Waals surface area (Å²) in [6, 6.07) is 71.3. The fourth-order valence-corrected chi connectivity index (χ4v) is 8.60. The Balaban J connectivity index is 0.000000547. The minimum absolute atomic E-state index is 0.0539. The standard InChI is InChI=1S/C14H16NO.C12H12N.C10H16N.C10H14O.C9H12.C8H12N.3C7H10N.2C2H6/c1-12-6-8-13(9-7-12)14(16-2)15-10-4-3-5-11-15;1-11-5-7-12(8-6-11)13-9-3-2-4-10-13;1-9-5-7-10(8-6-9)11(2,3)4;1-8-4-6-10(7-5-8)9(2)11-3;2*1-3-9-6-4-8(2)5-7-9;1-7-3-5-8(2)6-4-7;2*1-7-4-3-5-8(2)6-7;2*1-2/h3-11,14H,1-2H3;2-10H,1H3;5-8H,1-4H3;4-7,9H,1-3H3;2*4-7H,3H2,1-2H3;3*3-6H,1-2H3;2*1-2H3/q3*+1;;;4*+1;;. The van der Waals surface area contributed by atoms with Crippen LogP contribution in [-0.2, 0) is 43.6 Å². The summed E-state index contributed by atoms with van der Waals surface area (Å²) >= 11 is 0. The molecule has 516 valence electrons. The van der Waals surface area contributed by atoms with Crippen LogP contribution in [-0.4, -0.2) is 35.4 Å². The van der Waals surface area contributed by atoms with Gasteiger partial charge in [0, 0.05) is 104 Å². The molecule has 0 N–H and O–H groups in total. The summed E-state index contributed by atoms with van der Waals surface area (Å²) in [5.41, 5.74) is 18.1. The molecule has 2 atom stereocenters. The van der Waals surface area contributed by atoms with E-state index in [0.717, 1.165) is 23.0 Å². The summed E-state index contributed by atoms with van der Waals surface area (Å²) in [4.78, 5) is 0. The second-order valence-corrected chi connectivity index (χ2v) is 24.3. The molecule has 0 radical (unpaired) electrons. The Hall–Kier alpha value is -9.12. The van der Waals surface area contributed by atoms with Crippen LogP contribution in [0.3, 0.4) is 0 Å². The predicted molar refractivity (Wildman–Crippen MR) is 410 cm³/mol. The van der Waals surface area contributed by atoms with Crippen molar-refractivity contribution in [2.75, 3.05) is 35.4 Å². The molecule has 5 aromatic carbocycles. The average Bonchev–Trinajstić information content (AvgIpc) is 1.03. The van der Waals surface area contributed by atoms with Gasteiger partial charge in [-0.2, -0.15) is 9.13 Å². The van der Waals surface area contributed by atoms with Gasteiger partial charge in [-0.15, -0.1) is 0 Å². The Kier molecular flexibility index (Phi) is 44.5. The third-order valence-corrected chi connectivity index (χ3v) is 14.6. The zero-order valence-corrected chi connectivity index (χ0v) is 64.1. The lowest BCUT2D eigenvalue weighted by atomic mass is 10.1. The summed E-state index contributed by atoms with van der Waals surface area (Å²) in [5.74, 6) is 0. The van der Waals surface area contributed by atoms with Crippen LogP contribution in [0.1, 0.15) is 128 Å². The van der Waals surface area contributed by atoms with Crippen LogP contribution >= 0.6 is 0 Å². The number of ether oxygens (including phenoxy) is 2. The lowest BCUT2D eigenvalue weighted by molar-refractivity contribution is -0.750. The van der Waals surface area contributed by atoms with Gasteiger partial charge in [0.15, 0.2) is 74.4 Å². The smallest absolute Gasteiger partial charge is 0.289 e. The van der Waals surface area contributed by atoms with Gasteiger partial charge >= 0.3 is 0 Å². The van der Waals surface area contributed by atoms with Crippen molar-refractivity contribution in [1.82, 2.24) is 4.48 Å². The highest BCUT2D eigenvalue weighted by Gasteiger charge is 2.19. The first-order valence-corrected chi connectivity index (χ1v) is 34.3. The van der Waals surface area contributed by atoms with Gasteiger partial charge in [-0.25, -0.2) is 18.3 Å². The van der Waals surface area contributed by atoms with Crippen LogP contribution in [0.4, 0.5) is 5.69 Å². The van der Waals surface area contributed by atoms with Crippen molar-refractivity contribution in [1.29, 1.82) is 0 Å². The summed E-state index contributed by atoms with van der Waals surface area (Å²) in [5, 5.41) is 0. The van der Waals surface area contributed by atoms with Gasteiger partial charge in [0.2, 0.25) is 5.69 Å². The van der Waals surface area contributed by atoms with E-state index in [0.29, 0.717) is 0 Å². The highest BCUT2D eigenvalue weighted by atomic mass is 16.5. The number of rotatable bonds is 9. The van der Waals surface area contributed by atoms with E-state index in [1.165, 1.54) is 72.6 Å². The summed E-state index contributed by atoms with van der Waals surface area (Å²) < 4.78 is 24.0. The molecule has 0 saturated heterocycles. The minimum Gasteiger partial charge on any atom is -0.377 e. The summed E-state index contributed by atoms with van der Waals surface area (Å²) in [7, 11) is 16.0. The van der Waals surface area contributed by atoms with E-state index in [1.54, 1.807) is 14.2 Å². The van der Waals surface area contributed by atoms with Gasteiger partial charge in [-0.1, -0.05) is 159 Å². The monoisotopic (exact) mass is 1310 g/mol. The maximum atomic E-state index is 5.53. The molecular formula is C88H124N7O2+7. The average molecular weight is 1310 g/mol. The highest BCUT2D eigenvalue weighted by molar-refractivity contribution is 5.42. The van der Waals surface area contributed by atoms with Crippen molar-refractivity contribution in [2.45, 2.75) is 136 Å². The second-order valence-electron chi connectivity index (χ2n) is 24.3. The first-order valence-electron chi connectivity index (χ1n) is 34.3. The number of methoxy groups -OCH3 is 2. The maximum absolute atomic E-state index is 5.53. The van der Waals surface area contributed by atoms with Crippen molar-refractivity contribution in [3.8, 4) is 5.69 Å². The molecular weight excluding hydrogens is 1190 g/mol. The quantitative estimate of drug-likeness (QED) is 0.107. The zero-order chi connectivity index (χ0) is 72.6. The first-order chi connectivity index (χ1) is 46.4. The van der Waals surface area contributed by atoms with Crippen molar-refractivity contribution >= 4 is 5.69 Å². The van der Waals surface area contributed by atoms with Gasteiger partial charge in [-0.05, 0) is 141 Å². The minimum atomic E-state index is -0.0539. The molecule has 0 aliphatic carbocycles. The Bertz CT molecular complexity index is 3540. The lowest BCUT2D eigenvalue weighted by Crippen LogP contribution is -2.40. The highest BCUT2D eigenvalue weighted by Crippen LogP contribution is 2.18. The fourth-order valence-electron chi connectivity index (χ4n) is 8.60. The molecule has 0 saturated carbocycles. The van der Waals surface area contributed by atoms with Gasteiger partial charge in [0.1, 0.15) is 33.4 Å². The Morgan fingerprint density at radius 1 is 0.351 bits per heavy atom. The summed E-state index contributed by atoms with van der Waals surface area (Å²) in [6.45, 7) is 34.2. The number of aromatic nitrogens is 6. The number of aryl methyl sites for hydroxylation is 14. The van der Waals surface area contributed by atoms with Gasteiger partial charge < -0.3 is 9.47 Å². The molecule has 11 aromatic rings. The fraction of sp³-hybridized carbons (Fsp3) is 0.318. The maximum Gasteiger partial charge on any atom is 0.289 e. The lowest BCUT2D eigenvalue weighted by Gasteiger charge is -2.23. The van der Waals surface area contributed by atoms with Crippen LogP contribution in [0.2, 0.25) is 0 Å². The van der Waals surface area contributed by atoms with Gasteiger partial charge in [0.25, 0.3) is 6.23 Å². The van der Waals surface area contributed by atoms with E-state index >= 15 is 0 Å². The Morgan fingerprint density at radius 3 is 1.05 bits per heavy atom. The molecule has 6 heterocycles. The number of hydrogen-bond donors (Lipinski definition) is 0. The third kappa shape index (κ3) is 38.9. The van der Waals surface area contributed by atoms with Crippen LogP contribution in [0.25, 0.3) is 5.69 Å². The number of pyridine rings is 6. The first kappa shape index (κ1) is 85.9. The predicted octanol–water partition coefficient (Wildman–Crippen LogP) is 18.0. The van der Waals surface area contributed by atoms with Crippen molar-refractivity contribution in [3.63, 3.8) is 0 Å². The van der Waals surface area contributed by atoms with Crippen molar-refractivity contribution < 1.29 is 36.9 Å². The van der Waals surface area contributed by atoms with Crippen LogP contribution in [0, 0.1) is 62.3 Å². The molecule has 97 heavy (non-hydrogen) atoms. The van der Waals surface area contributed by atoms with Gasteiger partial charge in [-0.3, -0.25) is 4.48 Å². The van der Waals surface area contributed by atoms with E-state index < -0.39 is 0 Å². The number of benzene rings is 5. The molecule has 0 spiro atoms. The van der Waals surface area contributed by atoms with E-state index in [2.05, 4.69) is 289 Å². The van der Waals surface area contributed by atoms with Crippen LogP contribution in [0.5, 0.6) is 0 Å². The zero-order valence-electron chi connectivity index (χ0n) is 64.1. The van der Waals surface area contributed by atoms with Gasteiger partial charge in [0.05, 0.1) is 27.2 Å². The largest absolute Gasteiger partial charge is 0.377 e. The van der Waals surface area contributed by atoms with Crippen LogP contribution < -0.4 is 31.9 Å². The molecule has 11 rings (SSSR count). The normalized spacial score (nSPS) is 10.4. The van der Waals surface area contributed by atoms with Crippen molar-refractivity contribution in [2.24, 2.45) is 21.1 Å². The molecule has 9 nitrogen and oxygen atoms in total.